The highest BCUT2D eigenvalue weighted by Gasteiger charge is 2.37. The molecule has 0 unspecified atom stereocenters. The number of nitrogens with zero attached hydrogens (tertiary/aromatic N) is 1. The Bertz CT molecular complexity index is 1090. The van der Waals surface area contributed by atoms with E-state index in [2.05, 4.69) is 10.6 Å². The van der Waals surface area contributed by atoms with Crippen molar-refractivity contribution in [2.45, 2.75) is 31.5 Å². The number of likely N-dealkylation sites (tertiary alicyclic amines) is 1. The van der Waals surface area contributed by atoms with Gasteiger partial charge < -0.3 is 34.5 Å². The van der Waals surface area contributed by atoms with Crippen molar-refractivity contribution in [2.24, 2.45) is 0 Å². The Hall–Kier alpha value is -3.79. The first-order valence-electron chi connectivity index (χ1n) is 11.8. The molecule has 0 radical (unpaired) electrons. The lowest BCUT2D eigenvalue weighted by atomic mass is 10.1. The third-order valence-electron chi connectivity index (χ3n) is 6.16. The van der Waals surface area contributed by atoms with Gasteiger partial charge in [-0.3, -0.25) is 14.4 Å². The summed E-state index contributed by atoms with van der Waals surface area (Å²) >= 11 is 0. The van der Waals surface area contributed by atoms with Crippen LogP contribution in [0.5, 0.6) is 17.2 Å². The largest absolute Gasteiger partial charge is 0.493 e. The van der Waals surface area contributed by atoms with Gasteiger partial charge in [0.25, 0.3) is 5.91 Å². The van der Waals surface area contributed by atoms with Gasteiger partial charge in [0.15, 0.2) is 18.1 Å². The van der Waals surface area contributed by atoms with Crippen molar-refractivity contribution in [3.8, 4) is 17.2 Å². The molecule has 4 bridgehead atoms. The number of hydrogen-bond acceptors (Lipinski definition) is 7. The molecule has 5 rings (SSSR count). The van der Waals surface area contributed by atoms with Gasteiger partial charge in [0.2, 0.25) is 11.8 Å². The molecule has 192 valence electrons. The van der Waals surface area contributed by atoms with E-state index in [9.17, 15) is 14.4 Å². The van der Waals surface area contributed by atoms with Gasteiger partial charge in [0, 0.05) is 26.6 Å². The molecular weight excluding hydrogens is 466 g/mol. The van der Waals surface area contributed by atoms with E-state index in [-0.39, 0.29) is 43.4 Å². The van der Waals surface area contributed by atoms with E-state index >= 15 is 0 Å². The summed E-state index contributed by atoms with van der Waals surface area (Å²) in [5.74, 6) is 0.970. The van der Waals surface area contributed by atoms with Gasteiger partial charge in [0.1, 0.15) is 18.5 Å². The van der Waals surface area contributed by atoms with Gasteiger partial charge in [0.05, 0.1) is 19.7 Å². The molecule has 3 heterocycles. The van der Waals surface area contributed by atoms with Crippen LogP contribution < -0.4 is 24.8 Å². The van der Waals surface area contributed by atoms with Crippen LogP contribution in [0.3, 0.4) is 0 Å². The van der Waals surface area contributed by atoms with Gasteiger partial charge in [-0.15, -0.1) is 0 Å². The van der Waals surface area contributed by atoms with Crippen LogP contribution in [0.25, 0.3) is 0 Å². The molecule has 1 fully saturated rings. The highest BCUT2D eigenvalue weighted by Crippen LogP contribution is 2.28. The predicted octanol–water partition coefficient (Wildman–Crippen LogP) is 1.06. The number of hydrogen-bond donors (Lipinski definition) is 2. The summed E-state index contributed by atoms with van der Waals surface area (Å²) in [7, 11) is 3.00. The van der Waals surface area contributed by atoms with Crippen LogP contribution in [-0.4, -0.2) is 75.3 Å². The molecule has 2 atom stereocenters. The molecule has 0 spiro atoms. The second-order valence-electron chi connectivity index (χ2n) is 8.76. The van der Waals surface area contributed by atoms with Gasteiger partial charge in [-0.1, -0.05) is 18.2 Å². The first-order chi connectivity index (χ1) is 17.4. The zero-order valence-corrected chi connectivity index (χ0v) is 20.5. The van der Waals surface area contributed by atoms with Crippen molar-refractivity contribution in [1.29, 1.82) is 0 Å². The lowest BCUT2D eigenvalue weighted by molar-refractivity contribution is -0.134. The summed E-state index contributed by atoms with van der Waals surface area (Å²) in [4.78, 5) is 39.2. The fourth-order valence-electron chi connectivity index (χ4n) is 4.23. The number of rotatable bonds is 3. The summed E-state index contributed by atoms with van der Waals surface area (Å²) in [6, 6.07) is 12.3. The standard InChI is InChI=1S/C26H31N3O7/c1-33-16-26(32)29-13-20-23(14-29)36-19-7-3-18(4-8-19)12-27-25(31)15-35-22-11-17(5-9-21(22)34-2)6-10-24(30)28-20/h3-5,7-9,11,20,23H,6,10,12-16H2,1-2H3,(H,27,31)(H,28,30)/t20-,23-/m0/s1. The summed E-state index contributed by atoms with van der Waals surface area (Å²) in [6.45, 7) is 0.813. The Morgan fingerprint density at radius 3 is 2.56 bits per heavy atom. The maximum atomic E-state index is 12.8. The quantitative estimate of drug-likeness (QED) is 0.652. The predicted molar refractivity (Wildman–Crippen MR) is 130 cm³/mol. The molecule has 3 aliphatic heterocycles. The molecule has 2 aromatic carbocycles. The minimum absolute atomic E-state index is 0.0321. The third-order valence-corrected chi connectivity index (χ3v) is 6.16. The van der Waals surface area contributed by atoms with E-state index in [4.69, 9.17) is 18.9 Å². The minimum atomic E-state index is -0.414. The Morgan fingerprint density at radius 1 is 1.03 bits per heavy atom. The van der Waals surface area contributed by atoms with E-state index in [0.717, 1.165) is 11.1 Å². The van der Waals surface area contributed by atoms with Crippen LogP contribution in [0.2, 0.25) is 0 Å². The number of benzene rings is 2. The lowest BCUT2D eigenvalue weighted by Crippen LogP contribution is -2.45. The van der Waals surface area contributed by atoms with Crippen LogP contribution in [0.1, 0.15) is 17.5 Å². The first kappa shape index (κ1) is 25.3. The number of ether oxygens (including phenoxy) is 4. The number of amides is 3. The molecule has 36 heavy (non-hydrogen) atoms. The maximum Gasteiger partial charge on any atom is 0.258 e. The van der Waals surface area contributed by atoms with E-state index in [1.54, 1.807) is 29.2 Å². The first-order valence-corrected chi connectivity index (χ1v) is 11.8. The molecule has 2 aromatic rings. The Kier molecular flexibility index (Phi) is 8.27. The molecule has 0 aromatic heterocycles. The van der Waals surface area contributed by atoms with E-state index in [0.29, 0.717) is 43.3 Å². The van der Waals surface area contributed by atoms with Crippen molar-refractivity contribution < 1.29 is 33.3 Å². The third kappa shape index (κ3) is 6.45. The Labute approximate surface area is 209 Å². The zero-order valence-electron chi connectivity index (χ0n) is 20.5. The molecule has 2 N–H and O–H groups in total. The minimum Gasteiger partial charge on any atom is -0.493 e. The fourth-order valence-corrected chi connectivity index (χ4v) is 4.23. The van der Waals surface area contributed by atoms with E-state index in [1.165, 1.54) is 14.2 Å². The van der Waals surface area contributed by atoms with Crippen molar-refractivity contribution in [2.75, 3.05) is 40.5 Å². The normalized spacial score (nSPS) is 20.6. The number of methoxy groups -OCH3 is 2. The lowest BCUT2D eigenvalue weighted by Gasteiger charge is -2.21. The van der Waals surface area contributed by atoms with Gasteiger partial charge in [-0.25, -0.2) is 0 Å². The van der Waals surface area contributed by atoms with Crippen molar-refractivity contribution in [1.82, 2.24) is 15.5 Å². The van der Waals surface area contributed by atoms with Crippen molar-refractivity contribution in [3.63, 3.8) is 0 Å². The molecule has 3 aliphatic rings. The molecule has 10 nitrogen and oxygen atoms in total. The van der Waals surface area contributed by atoms with Crippen LogP contribution >= 0.6 is 0 Å². The molecule has 0 saturated carbocycles. The zero-order chi connectivity index (χ0) is 25.5. The van der Waals surface area contributed by atoms with Crippen molar-refractivity contribution in [3.05, 3.63) is 53.6 Å². The Balaban J connectivity index is 1.56. The highest BCUT2D eigenvalue weighted by atomic mass is 16.5. The second-order valence-corrected chi connectivity index (χ2v) is 8.76. The second kappa shape index (κ2) is 11.8. The number of carbonyl (C=O) groups is 3. The maximum absolute atomic E-state index is 12.8. The van der Waals surface area contributed by atoms with Gasteiger partial charge in [-0.2, -0.15) is 0 Å². The summed E-state index contributed by atoms with van der Waals surface area (Å²) < 4.78 is 22.2. The molecule has 10 heteroatoms. The SMILES string of the molecule is COCC(=O)N1C[C@@H]2NC(=O)CCc3ccc(OC)c(c3)OCC(=O)NCc3ccc(cc3)O[C@H]2C1. The molecule has 1 saturated heterocycles. The van der Waals surface area contributed by atoms with Crippen LogP contribution in [0, 0.1) is 0 Å². The van der Waals surface area contributed by atoms with Crippen LogP contribution in [0.15, 0.2) is 42.5 Å². The monoisotopic (exact) mass is 497 g/mol. The van der Waals surface area contributed by atoms with Gasteiger partial charge >= 0.3 is 0 Å². The Morgan fingerprint density at radius 2 is 1.81 bits per heavy atom. The molecular formula is C26H31N3O7. The number of aryl methyl sites for hydroxylation is 1. The highest BCUT2D eigenvalue weighted by molar-refractivity contribution is 5.79. The number of fused-ring (bicyclic) bond motifs is 9. The summed E-state index contributed by atoms with van der Waals surface area (Å²) in [5.41, 5.74) is 1.76. The van der Waals surface area contributed by atoms with E-state index < -0.39 is 6.10 Å². The molecule has 0 aliphatic carbocycles. The molecule has 3 amide bonds. The van der Waals surface area contributed by atoms with Crippen LogP contribution in [0.4, 0.5) is 0 Å². The number of carbonyl (C=O) groups excluding carboxylic acids is 3. The smallest absolute Gasteiger partial charge is 0.258 e. The average Bonchev–Trinajstić information content (AvgIpc) is 3.27. The summed E-state index contributed by atoms with van der Waals surface area (Å²) in [5, 5.41) is 5.87. The van der Waals surface area contributed by atoms with E-state index in [1.807, 2.05) is 18.2 Å². The summed E-state index contributed by atoms with van der Waals surface area (Å²) in [6.07, 6.45) is 0.281. The van der Waals surface area contributed by atoms with Crippen molar-refractivity contribution >= 4 is 17.7 Å². The topological polar surface area (TPSA) is 115 Å². The average molecular weight is 498 g/mol. The number of nitrogens with one attached hydrogen (secondary N) is 2. The van der Waals surface area contributed by atoms with Gasteiger partial charge in [-0.05, 0) is 41.8 Å². The van der Waals surface area contributed by atoms with Crippen LogP contribution in [-0.2, 0) is 32.1 Å². The fraction of sp³-hybridized carbons (Fsp3) is 0.423.